The minimum Gasteiger partial charge on any atom is -0.480 e. The average Bonchev–Trinajstić information content (AvgIpc) is 3.01. The minimum atomic E-state index is -0.941. The van der Waals surface area contributed by atoms with Crippen LogP contribution in [0.3, 0.4) is 0 Å². The van der Waals surface area contributed by atoms with Crippen LogP contribution < -0.4 is 5.32 Å². The van der Waals surface area contributed by atoms with Gasteiger partial charge >= 0.3 is 11.9 Å². The van der Waals surface area contributed by atoms with Crippen molar-refractivity contribution in [3.05, 3.63) is 35.9 Å². The van der Waals surface area contributed by atoms with Crippen LogP contribution in [0.4, 0.5) is 0 Å². The summed E-state index contributed by atoms with van der Waals surface area (Å²) in [6.07, 6.45) is 5.58. The molecule has 1 aromatic carbocycles. The number of fused-ring (bicyclic) bond motifs is 1. The highest BCUT2D eigenvalue weighted by molar-refractivity contribution is 7.98. The van der Waals surface area contributed by atoms with Crippen molar-refractivity contribution in [3.63, 3.8) is 0 Å². The SMILES string of the molecule is CCOC(=O)[C@@H](CSCc1ccccc1)NC(C)C(=O)N1C2CCCCCC2C[C@H]1C(=O)O. The molecule has 1 saturated carbocycles. The molecule has 0 aromatic heterocycles. The number of esters is 1. The Bertz CT molecular complexity index is 805. The molecule has 1 amide bonds. The molecule has 1 aliphatic heterocycles. The molecule has 2 N–H and O–H groups in total. The molecule has 3 rings (SSSR count). The quantitative estimate of drug-likeness (QED) is 0.499. The number of thioether (sulfide) groups is 1. The average molecular weight is 477 g/mol. The van der Waals surface area contributed by atoms with E-state index in [0.717, 1.165) is 43.4 Å². The molecule has 2 fully saturated rings. The summed E-state index contributed by atoms with van der Waals surface area (Å²) in [5.74, 6) is -0.117. The van der Waals surface area contributed by atoms with Crippen LogP contribution in [0.25, 0.3) is 0 Å². The Kier molecular flexibility index (Phi) is 9.62. The van der Waals surface area contributed by atoms with Crippen molar-refractivity contribution in [1.82, 2.24) is 10.2 Å². The lowest BCUT2D eigenvalue weighted by Gasteiger charge is -2.33. The molecular formula is C25H36N2O5S. The van der Waals surface area contributed by atoms with E-state index in [-0.39, 0.29) is 30.4 Å². The standard InChI is InChI=1S/C25H36N2O5S/c1-3-32-25(31)20(16-33-15-18-10-6-4-7-11-18)26-17(2)23(28)27-21-13-9-5-8-12-19(21)14-22(27)24(29)30/h4,6-7,10-11,17,19-22,26H,3,5,8-9,12-16H2,1-2H3,(H,29,30)/t17?,19?,20-,21?,22+/m1/s1. The number of carbonyl (C=O) groups is 3. The molecule has 1 aliphatic carbocycles. The van der Waals surface area contributed by atoms with Gasteiger partial charge in [-0.2, -0.15) is 11.8 Å². The lowest BCUT2D eigenvalue weighted by Crippen LogP contribution is -2.56. The molecule has 0 radical (unpaired) electrons. The number of amides is 1. The second-order valence-electron chi connectivity index (χ2n) is 8.99. The summed E-state index contributed by atoms with van der Waals surface area (Å²) in [5, 5.41) is 13.0. The van der Waals surface area contributed by atoms with Gasteiger partial charge in [0.25, 0.3) is 0 Å². The van der Waals surface area contributed by atoms with Gasteiger partial charge in [0.15, 0.2) is 0 Å². The largest absolute Gasteiger partial charge is 0.480 e. The van der Waals surface area contributed by atoms with E-state index in [1.807, 2.05) is 30.3 Å². The second-order valence-corrected chi connectivity index (χ2v) is 10.0. The molecule has 7 nitrogen and oxygen atoms in total. The van der Waals surface area contributed by atoms with Crippen LogP contribution in [0.15, 0.2) is 30.3 Å². The summed E-state index contributed by atoms with van der Waals surface area (Å²) in [4.78, 5) is 39.6. The van der Waals surface area contributed by atoms with Gasteiger partial charge in [-0.15, -0.1) is 0 Å². The summed E-state index contributed by atoms with van der Waals surface area (Å²) in [5.41, 5.74) is 1.16. The first-order valence-electron chi connectivity index (χ1n) is 12.0. The van der Waals surface area contributed by atoms with Crippen molar-refractivity contribution in [2.75, 3.05) is 12.4 Å². The minimum absolute atomic E-state index is 0.0288. The predicted molar refractivity (Wildman–Crippen MR) is 129 cm³/mol. The Hall–Kier alpha value is -2.06. The molecule has 1 heterocycles. The first kappa shape index (κ1) is 25.6. The molecule has 8 heteroatoms. The van der Waals surface area contributed by atoms with Gasteiger partial charge in [-0.05, 0) is 44.6 Å². The number of hydrogen-bond acceptors (Lipinski definition) is 6. The Balaban J connectivity index is 1.67. The normalized spacial score (nSPS) is 24.4. The summed E-state index contributed by atoms with van der Waals surface area (Å²) in [6.45, 7) is 3.74. The van der Waals surface area contributed by atoms with Crippen LogP contribution in [0.2, 0.25) is 0 Å². The van der Waals surface area contributed by atoms with Gasteiger partial charge in [-0.3, -0.25) is 14.9 Å². The number of nitrogens with zero attached hydrogens (tertiary/aromatic N) is 1. The van der Waals surface area contributed by atoms with E-state index in [1.165, 1.54) is 0 Å². The zero-order valence-electron chi connectivity index (χ0n) is 19.6. The van der Waals surface area contributed by atoms with Crippen molar-refractivity contribution in [3.8, 4) is 0 Å². The maximum atomic E-state index is 13.5. The molecule has 5 atom stereocenters. The van der Waals surface area contributed by atoms with E-state index in [9.17, 15) is 19.5 Å². The highest BCUT2D eigenvalue weighted by atomic mass is 32.2. The zero-order chi connectivity index (χ0) is 23.8. The van der Waals surface area contributed by atoms with E-state index < -0.39 is 24.1 Å². The van der Waals surface area contributed by atoms with Crippen LogP contribution in [-0.2, 0) is 24.9 Å². The molecule has 33 heavy (non-hydrogen) atoms. The van der Waals surface area contributed by atoms with Crippen molar-refractivity contribution in [1.29, 1.82) is 0 Å². The van der Waals surface area contributed by atoms with E-state index >= 15 is 0 Å². The van der Waals surface area contributed by atoms with Crippen molar-refractivity contribution < 1.29 is 24.2 Å². The molecule has 182 valence electrons. The fourth-order valence-corrected chi connectivity index (χ4v) is 6.08. The van der Waals surface area contributed by atoms with Crippen LogP contribution >= 0.6 is 11.8 Å². The van der Waals surface area contributed by atoms with Gasteiger partial charge in [-0.1, -0.05) is 49.6 Å². The maximum absolute atomic E-state index is 13.5. The Morgan fingerprint density at radius 3 is 2.61 bits per heavy atom. The number of carboxylic acid groups (broad SMARTS) is 1. The highest BCUT2D eigenvalue weighted by Crippen LogP contribution is 2.39. The number of aliphatic carboxylic acids is 1. The van der Waals surface area contributed by atoms with E-state index in [1.54, 1.807) is 30.5 Å². The van der Waals surface area contributed by atoms with E-state index in [4.69, 9.17) is 4.74 Å². The van der Waals surface area contributed by atoms with Gasteiger partial charge in [0.05, 0.1) is 12.6 Å². The summed E-state index contributed by atoms with van der Waals surface area (Å²) in [7, 11) is 0. The number of hydrogen-bond donors (Lipinski definition) is 2. The van der Waals surface area contributed by atoms with Crippen molar-refractivity contribution in [2.24, 2.45) is 5.92 Å². The zero-order valence-corrected chi connectivity index (χ0v) is 20.4. The van der Waals surface area contributed by atoms with Crippen LogP contribution in [0.5, 0.6) is 0 Å². The number of rotatable bonds is 10. The fourth-order valence-electron chi connectivity index (χ4n) is 5.07. The molecule has 3 unspecified atom stereocenters. The summed E-state index contributed by atoms with van der Waals surface area (Å²) >= 11 is 1.60. The molecular weight excluding hydrogens is 440 g/mol. The third kappa shape index (κ3) is 6.73. The first-order chi connectivity index (χ1) is 15.9. The second kappa shape index (κ2) is 12.4. The van der Waals surface area contributed by atoms with Crippen molar-refractivity contribution >= 4 is 29.6 Å². The lowest BCUT2D eigenvalue weighted by molar-refractivity contribution is -0.151. The fraction of sp³-hybridized carbons (Fsp3) is 0.640. The lowest BCUT2D eigenvalue weighted by atomic mass is 9.94. The highest BCUT2D eigenvalue weighted by Gasteiger charge is 2.48. The van der Waals surface area contributed by atoms with E-state index in [2.05, 4.69) is 5.32 Å². The molecule has 0 bridgehead atoms. The van der Waals surface area contributed by atoms with Gasteiger partial charge in [0.2, 0.25) is 5.91 Å². The number of carbonyl (C=O) groups excluding carboxylic acids is 2. The van der Waals surface area contributed by atoms with Gasteiger partial charge in [-0.25, -0.2) is 4.79 Å². The molecule has 1 aromatic rings. The molecule has 1 saturated heterocycles. The third-order valence-corrected chi connectivity index (χ3v) is 7.77. The number of benzene rings is 1. The van der Waals surface area contributed by atoms with Crippen LogP contribution in [0.1, 0.15) is 57.9 Å². The van der Waals surface area contributed by atoms with Gasteiger partial charge in [0, 0.05) is 17.5 Å². The maximum Gasteiger partial charge on any atom is 0.326 e. The van der Waals surface area contributed by atoms with Gasteiger partial charge in [0.1, 0.15) is 12.1 Å². The Morgan fingerprint density at radius 2 is 1.91 bits per heavy atom. The smallest absolute Gasteiger partial charge is 0.326 e. The molecule has 0 spiro atoms. The number of likely N-dealkylation sites (tertiary alicyclic amines) is 1. The first-order valence-corrected chi connectivity index (χ1v) is 13.2. The predicted octanol–water partition coefficient (Wildman–Crippen LogP) is 3.46. The summed E-state index contributed by atoms with van der Waals surface area (Å²) in [6, 6.07) is 7.85. The van der Waals surface area contributed by atoms with Crippen LogP contribution in [-0.4, -0.2) is 64.4 Å². The molecule has 2 aliphatic rings. The number of ether oxygens (including phenoxy) is 1. The third-order valence-electron chi connectivity index (χ3n) is 6.67. The van der Waals surface area contributed by atoms with E-state index in [0.29, 0.717) is 12.2 Å². The summed E-state index contributed by atoms with van der Waals surface area (Å²) < 4.78 is 5.24. The Labute approximate surface area is 200 Å². The number of carboxylic acids is 1. The Morgan fingerprint density at radius 1 is 1.18 bits per heavy atom. The number of nitrogens with one attached hydrogen (secondary N) is 1. The van der Waals surface area contributed by atoms with Crippen molar-refractivity contribution in [2.45, 2.75) is 82.3 Å². The van der Waals surface area contributed by atoms with Crippen LogP contribution in [0, 0.1) is 5.92 Å². The monoisotopic (exact) mass is 476 g/mol. The topological polar surface area (TPSA) is 95.9 Å². The van der Waals surface area contributed by atoms with Gasteiger partial charge < -0.3 is 14.7 Å².